The highest BCUT2D eigenvalue weighted by Crippen LogP contribution is 2.55. The second kappa shape index (κ2) is 10.7. The monoisotopic (exact) mass is 584 g/mol. The number of rotatable bonds is 6. The number of likely N-dealkylation sites (N-methyl/N-ethyl adjacent to an activating group) is 1. The van der Waals surface area contributed by atoms with Crippen molar-refractivity contribution in [2.45, 2.75) is 31.1 Å². The van der Waals surface area contributed by atoms with Crippen LogP contribution in [0.5, 0.6) is 0 Å². The van der Waals surface area contributed by atoms with Crippen LogP contribution in [0.3, 0.4) is 0 Å². The quantitative estimate of drug-likeness (QED) is 0.300. The molecule has 1 saturated heterocycles. The zero-order chi connectivity index (χ0) is 29.0. The Kier molecular flexibility index (Phi) is 6.82. The zero-order valence-electron chi connectivity index (χ0n) is 23.7. The first kappa shape index (κ1) is 26.9. The maximum Gasteiger partial charge on any atom is 0.274 e. The van der Waals surface area contributed by atoms with Crippen LogP contribution in [-0.4, -0.2) is 53.6 Å². The lowest BCUT2D eigenvalue weighted by Gasteiger charge is -2.33. The van der Waals surface area contributed by atoms with Gasteiger partial charge in [-0.15, -0.1) is 11.3 Å². The summed E-state index contributed by atoms with van der Waals surface area (Å²) in [6, 6.07) is 12.2. The number of pyridine rings is 2. The Morgan fingerprint density at radius 3 is 2.52 bits per heavy atom. The van der Waals surface area contributed by atoms with Gasteiger partial charge in [0, 0.05) is 49.9 Å². The molecule has 1 saturated carbocycles. The maximum absolute atomic E-state index is 14.9. The number of carbonyl (C=O) groups excluding carboxylic acids is 1. The van der Waals surface area contributed by atoms with E-state index in [2.05, 4.69) is 32.5 Å². The average molecular weight is 585 g/mol. The smallest absolute Gasteiger partial charge is 0.274 e. The van der Waals surface area contributed by atoms with Crippen LogP contribution >= 0.6 is 11.3 Å². The van der Waals surface area contributed by atoms with Crippen molar-refractivity contribution < 1.29 is 9.18 Å². The van der Waals surface area contributed by atoms with Crippen LogP contribution in [0.1, 0.15) is 51.2 Å². The lowest BCUT2D eigenvalue weighted by atomic mass is 9.99. The molecule has 2 unspecified atom stereocenters. The molecular weight excluding hydrogens is 551 g/mol. The molecule has 10 heteroatoms. The Bertz CT molecular complexity index is 1700. The van der Waals surface area contributed by atoms with E-state index >= 15 is 0 Å². The van der Waals surface area contributed by atoms with Gasteiger partial charge in [0.2, 0.25) is 0 Å². The van der Waals surface area contributed by atoms with Crippen molar-refractivity contribution in [1.82, 2.24) is 14.5 Å². The molecule has 3 aliphatic rings. The molecule has 2 aliphatic carbocycles. The molecule has 4 heterocycles. The van der Waals surface area contributed by atoms with Crippen LogP contribution in [0.25, 0.3) is 11.1 Å². The number of piperazine rings is 1. The standard InChI is InChI=1S/C32H33FN6O2S/c1-37-9-11-39(12-10-37)23-6-8-29(34-17-23)35-27-15-22(18-38(2)32(27)41)19-5-7-25(33)26(14-19)36-31(40)28-16-24-20-3-4-21(13-20)30(24)42-28/h5-8,14-18,20-21H,3-4,9-13H2,1-2H3,(H,34,35)(H,36,40). The van der Waals surface area contributed by atoms with Crippen LogP contribution in [0.15, 0.2) is 59.7 Å². The highest BCUT2D eigenvalue weighted by atomic mass is 32.1. The summed E-state index contributed by atoms with van der Waals surface area (Å²) >= 11 is 1.54. The fourth-order valence-electron chi connectivity index (χ4n) is 6.46. The summed E-state index contributed by atoms with van der Waals surface area (Å²) < 4.78 is 16.3. The number of nitrogens with zero attached hydrogens (tertiary/aromatic N) is 4. The molecule has 7 rings (SSSR count). The Balaban J connectivity index is 1.10. The van der Waals surface area contributed by atoms with E-state index in [4.69, 9.17) is 0 Å². The highest BCUT2D eigenvalue weighted by molar-refractivity contribution is 7.14. The van der Waals surface area contributed by atoms with Gasteiger partial charge in [0.25, 0.3) is 11.5 Å². The summed E-state index contributed by atoms with van der Waals surface area (Å²) in [6.07, 6.45) is 7.12. The summed E-state index contributed by atoms with van der Waals surface area (Å²) in [7, 11) is 3.80. The van der Waals surface area contributed by atoms with Crippen molar-refractivity contribution in [3.05, 3.63) is 86.3 Å². The molecule has 1 amide bonds. The van der Waals surface area contributed by atoms with E-state index in [-0.39, 0.29) is 17.2 Å². The van der Waals surface area contributed by atoms with Gasteiger partial charge >= 0.3 is 0 Å². The lowest BCUT2D eigenvalue weighted by Crippen LogP contribution is -2.44. The molecule has 1 aromatic carbocycles. The van der Waals surface area contributed by atoms with Crippen LogP contribution in [0.2, 0.25) is 0 Å². The second-order valence-corrected chi connectivity index (χ2v) is 12.7. The molecule has 2 N–H and O–H groups in total. The number of hydrogen-bond donors (Lipinski definition) is 2. The van der Waals surface area contributed by atoms with Crippen LogP contribution in [0.4, 0.5) is 27.3 Å². The molecule has 8 nitrogen and oxygen atoms in total. The summed E-state index contributed by atoms with van der Waals surface area (Å²) in [5.41, 5.74) is 4.00. The number of anilines is 4. The largest absolute Gasteiger partial charge is 0.368 e. The van der Waals surface area contributed by atoms with Crippen LogP contribution in [-0.2, 0) is 7.05 Å². The Hall–Kier alpha value is -4.02. The van der Waals surface area contributed by atoms with Gasteiger partial charge in [0.1, 0.15) is 17.3 Å². The normalized spacial score (nSPS) is 19.6. The fraction of sp³-hybridized carbons (Fsp3) is 0.344. The number of halogens is 1. The molecule has 42 heavy (non-hydrogen) atoms. The minimum absolute atomic E-state index is 0.110. The molecule has 0 radical (unpaired) electrons. The lowest BCUT2D eigenvalue weighted by molar-refractivity contribution is 0.103. The van der Waals surface area contributed by atoms with Gasteiger partial charge < -0.3 is 25.0 Å². The first-order valence-electron chi connectivity index (χ1n) is 14.4. The number of carbonyl (C=O) groups is 1. The predicted molar refractivity (Wildman–Crippen MR) is 166 cm³/mol. The van der Waals surface area contributed by atoms with Gasteiger partial charge in [-0.05, 0) is 85.7 Å². The maximum atomic E-state index is 14.9. The summed E-state index contributed by atoms with van der Waals surface area (Å²) in [4.78, 5) is 37.2. The van der Waals surface area contributed by atoms with E-state index in [0.29, 0.717) is 39.3 Å². The predicted octanol–water partition coefficient (Wildman–Crippen LogP) is 5.76. The third-order valence-electron chi connectivity index (χ3n) is 8.87. The number of aryl methyl sites for hydroxylation is 1. The highest BCUT2D eigenvalue weighted by Gasteiger charge is 2.39. The number of fused-ring (bicyclic) bond motifs is 5. The topological polar surface area (TPSA) is 82.5 Å². The van der Waals surface area contributed by atoms with Crippen LogP contribution in [0, 0.1) is 5.82 Å². The first-order chi connectivity index (χ1) is 20.3. The Morgan fingerprint density at radius 1 is 0.976 bits per heavy atom. The van der Waals surface area contributed by atoms with Gasteiger partial charge in [-0.25, -0.2) is 9.37 Å². The van der Waals surface area contributed by atoms with Crippen molar-refractivity contribution in [3.8, 4) is 11.1 Å². The average Bonchev–Trinajstić information content (AvgIpc) is 3.72. The number of hydrogen-bond acceptors (Lipinski definition) is 7. The van der Waals surface area contributed by atoms with Crippen molar-refractivity contribution >= 4 is 40.1 Å². The summed E-state index contributed by atoms with van der Waals surface area (Å²) in [5.74, 6) is 0.906. The second-order valence-electron chi connectivity index (χ2n) is 11.7. The molecule has 0 spiro atoms. The number of thiophene rings is 1. The van der Waals surface area contributed by atoms with Gasteiger partial charge in [-0.2, -0.15) is 0 Å². The third-order valence-corrected chi connectivity index (χ3v) is 10.2. The molecule has 1 aliphatic heterocycles. The minimum atomic E-state index is -0.510. The van der Waals surface area contributed by atoms with E-state index in [9.17, 15) is 14.0 Å². The number of nitrogens with one attached hydrogen (secondary N) is 2. The van der Waals surface area contributed by atoms with Crippen molar-refractivity contribution in [2.24, 2.45) is 7.05 Å². The van der Waals surface area contributed by atoms with E-state index < -0.39 is 5.82 Å². The van der Waals surface area contributed by atoms with E-state index in [1.54, 1.807) is 42.8 Å². The molecular formula is C32H33FN6O2S. The summed E-state index contributed by atoms with van der Waals surface area (Å²) in [6.45, 7) is 3.91. The number of benzene rings is 1. The van der Waals surface area contributed by atoms with Gasteiger partial charge in [0.05, 0.1) is 22.4 Å². The van der Waals surface area contributed by atoms with Gasteiger partial charge in [-0.1, -0.05) is 6.07 Å². The molecule has 4 aromatic rings. The van der Waals surface area contributed by atoms with Crippen LogP contribution < -0.4 is 21.1 Å². The van der Waals surface area contributed by atoms with E-state index in [0.717, 1.165) is 31.9 Å². The van der Waals surface area contributed by atoms with Crippen molar-refractivity contribution in [3.63, 3.8) is 0 Å². The van der Waals surface area contributed by atoms with E-state index in [1.807, 2.05) is 24.4 Å². The fourth-order valence-corrected chi connectivity index (χ4v) is 7.76. The number of aromatic nitrogens is 2. The third kappa shape index (κ3) is 4.98. The minimum Gasteiger partial charge on any atom is -0.368 e. The number of amides is 1. The van der Waals surface area contributed by atoms with Gasteiger partial charge in [-0.3, -0.25) is 9.59 Å². The Morgan fingerprint density at radius 2 is 1.76 bits per heavy atom. The van der Waals surface area contributed by atoms with E-state index in [1.165, 1.54) is 40.3 Å². The first-order valence-corrected chi connectivity index (χ1v) is 15.3. The molecule has 2 fully saturated rings. The SMILES string of the molecule is CN1CCN(c2ccc(Nc3cc(-c4ccc(F)c(NC(=O)c5cc6c(s5)C5CCC6C5)c4)cn(C)c3=O)nc2)CC1. The summed E-state index contributed by atoms with van der Waals surface area (Å²) in [5, 5.41) is 5.94. The molecule has 216 valence electrons. The van der Waals surface area contributed by atoms with Crippen molar-refractivity contribution in [1.29, 1.82) is 0 Å². The molecule has 2 atom stereocenters. The zero-order valence-corrected chi connectivity index (χ0v) is 24.5. The van der Waals surface area contributed by atoms with Gasteiger partial charge in [0.15, 0.2) is 0 Å². The molecule has 3 aromatic heterocycles. The van der Waals surface area contributed by atoms with Crippen molar-refractivity contribution in [2.75, 3.05) is 48.8 Å². The Labute approximate surface area is 247 Å². The molecule has 2 bridgehead atoms.